The molecule has 0 radical (unpaired) electrons. The fourth-order valence-electron chi connectivity index (χ4n) is 2.70. The average Bonchev–Trinajstić information content (AvgIpc) is 3.33. The molecule has 9 nitrogen and oxygen atoms in total. The number of hydrogen-bond donors (Lipinski definition) is 2. The van der Waals surface area contributed by atoms with E-state index in [0.29, 0.717) is 18.1 Å². The van der Waals surface area contributed by atoms with Crippen LogP contribution in [0, 0.1) is 0 Å². The van der Waals surface area contributed by atoms with Gasteiger partial charge in [0, 0.05) is 23.9 Å². The fourth-order valence-corrected chi connectivity index (χ4v) is 3.86. The van der Waals surface area contributed by atoms with E-state index in [4.69, 9.17) is 0 Å². The molecule has 0 saturated carbocycles. The first-order valence-electron chi connectivity index (χ1n) is 7.84. The molecule has 10 heteroatoms. The van der Waals surface area contributed by atoms with Gasteiger partial charge in [-0.1, -0.05) is 0 Å². The van der Waals surface area contributed by atoms with Crippen LogP contribution in [0.3, 0.4) is 0 Å². The van der Waals surface area contributed by atoms with E-state index in [1.54, 1.807) is 17.4 Å². The molecule has 3 aromatic rings. The number of nitrogens with one attached hydrogen (secondary N) is 2. The van der Waals surface area contributed by atoms with Crippen LogP contribution in [0.15, 0.2) is 12.4 Å². The lowest BCUT2D eigenvalue weighted by molar-refractivity contribution is 0.0949. The molecule has 24 heavy (non-hydrogen) atoms. The van der Waals surface area contributed by atoms with Gasteiger partial charge in [0.05, 0.1) is 10.7 Å². The summed E-state index contributed by atoms with van der Waals surface area (Å²) in [5, 5.41) is 21.5. The van der Waals surface area contributed by atoms with Crippen molar-refractivity contribution in [2.24, 2.45) is 0 Å². The number of aryl methyl sites for hydroxylation is 2. The van der Waals surface area contributed by atoms with Crippen LogP contribution in [0.25, 0.3) is 5.82 Å². The molecule has 0 saturated heterocycles. The van der Waals surface area contributed by atoms with Gasteiger partial charge >= 0.3 is 0 Å². The maximum absolute atomic E-state index is 12.2. The standard InChI is InChI=1S/C14H16N8OS/c23-14(10-7-12(19-18-10)22-8-16-20-21-22)15-6-5-13-17-9-3-1-2-4-11(9)24-13/h7-8H,1-6H2,(H,15,23)(H,18,19). The summed E-state index contributed by atoms with van der Waals surface area (Å²) < 4.78 is 1.38. The monoisotopic (exact) mass is 344 g/mol. The molecular formula is C14H16N8OS. The second-order valence-corrected chi connectivity index (χ2v) is 6.75. The number of hydrogen-bond acceptors (Lipinski definition) is 7. The molecular weight excluding hydrogens is 328 g/mol. The van der Waals surface area contributed by atoms with Gasteiger partial charge in [0.1, 0.15) is 12.0 Å². The number of carbonyl (C=O) groups excluding carboxylic acids is 1. The highest BCUT2D eigenvalue weighted by Gasteiger charge is 2.15. The molecule has 0 aromatic carbocycles. The summed E-state index contributed by atoms with van der Waals surface area (Å²) in [5.74, 6) is 0.265. The topological polar surface area (TPSA) is 114 Å². The van der Waals surface area contributed by atoms with Crippen molar-refractivity contribution in [2.45, 2.75) is 32.1 Å². The average molecular weight is 344 g/mol. The first-order chi connectivity index (χ1) is 11.8. The predicted molar refractivity (Wildman–Crippen MR) is 86.1 cm³/mol. The molecule has 0 atom stereocenters. The minimum atomic E-state index is -0.205. The number of thiazole rings is 1. The molecule has 0 unspecified atom stereocenters. The highest BCUT2D eigenvalue weighted by atomic mass is 32.1. The maximum Gasteiger partial charge on any atom is 0.269 e. The zero-order chi connectivity index (χ0) is 16.4. The van der Waals surface area contributed by atoms with Gasteiger partial charge in [0.15, 0.2) is 5.82 Å². The van der Waals surface area contributed by atoms with Crippen molar-refractivity contribution in [2.75, 3.05) is 6.54 Å². The summed E-state index contributed by atoms with van der Waals surface area (Å²) in [4.78, 5) is 18.3. The molecule has 0 spiro atoms. The van der Waals surface area contributed by atoms with E-state index in [-0.39, 0.29) is 5.91 Å². The Hall–Kier alpha value is -2.62. The lowest BCUT2D eigenvalue weighted by Gasteiger charge is -2.06. The fraction of sp³-hybridized carbons (Fsp3) is 0.429. The lowest BCUT2D eigenvalue weighted by Crippen LogP contribution is -2.26. The number of tetrazole rings is 1. The molecule has 124 valence electrons. The first kappa shape index (κ1) is 14.9. The quantitative estimate of drug-likeness (QED) is 0.704. The number of amides is 1. The smallest absolute Gasteiger partial charge is 0.269 e. The van der Waals surface area contributed by atoms with Crippen LogP contribution in [-0.4, -0.2) is 47.8 Å². The van der Waals surface area contributed by atoms with Gasteiger partial charge < -0.3 is 5.32 Å². The Morgan fingerprint density at radius 1 is 1.38 bits per heavy atom. The number of rotatable bonds is 5. The highest BCUT2D eigenvalue weighted by molar-refractivity contribution is 7.11. The van der Waals surface area contributed by atoms with Crippen molar-refractivity contribution < 1.29 is 4.79 Å². The minimum absolute atomic E-state index is 0.205. The second-order valence-electron chi connectivity index (χ2n) is 5.58. The highest BCUT2D eigenvalue weighted by Crippen LogP contribution is 2.26. The summed E-state index contributed by atoms with van der Waals surface area (Å²) >= 11 is 1.78. The van der Waals surface area contributed by atoms with Crippen LogP contribution in [0.4, 0.5) is 0 Å². The first-order valence-corrected chi connectivity index (χ1v) is 8.65. The van der Waals surface area contributed by atoms with Gasteiger partial charge in [-0.05, 0) is 36.1 Å². The van der Waals surface area contributed by atoms with Crippen molar-refractivity contribution in [1.82, 2.24) is 40.7 Å². The van der Waals surface area contributed by atoms with Gasteiger partial charge in [-0.2, -0.15) is 9.78 Å². The Kier molecular flexibility index (Phi) is 4.03. The Balaban J connectivity index is 1.33. The summed E-state index contributed by atoms with van der Waals surface area (Å²) in [6, 6.07) is 1.60. The molecule has 2 N–H and O–H groups in total. The zero-order valence-electron chi connectivity index (χ0n) is 12.9. The molecule has 1 aliphatic carbocycles. The molecule has 0 bridgehead atoms. The summed E-state index contributed by atoms with van der Waals surface area (Å²) in [6.07, 6.45) is 6.89. The van der Waals surface area contributed by atoms with Crippen LogP contribution in [0.2, 0.25) is 0 Å². The van der Waals surface area contributed by atoms with E-state index in [1.165, 1.54) is 34.4 Å². The Bertz CT molecular complexity index is 813. The third-order valence-electron chi connectivity index (χ3n) is 3.91. The maximum atomic E-state index is 12.2. The predicted octanol–water partition coefficient (Wildman–Crippen LogP) is 0.693. The van der Waals surface area contributed by atoms with E-state index in [9.17, 15) is 4.79 Å². The molecule has 3 aromatic heterocycles. The van der Waals surface area contributed by atoms with Crippen molar-refractivity contribution >= 4 is 17.2 Å². The number of carbonyl (C=O) groups is 1. The third-order valence-corrected chi connectivity index (χ3v) is 5.12. The second kappa shape index (κ2) is 6.48. The van der Waals surface area contributed by atoms with Gasteiger partial charge in [-0.3, -0.25) is 9.89 Å². The zero-order valence-corrected chi connectivity index (χ0v) is 13.7. The van der Waals surface area contributed by atoms with Gasteiger partial charge in [0.2, 0.25) is 0 Å². The minimum Gasteiger partial charge on any atom is -0.350 e. The van der Waals surface area contributed by atoms with Crippen LogP contribution >= 0.6 is 11.3 Å². The van der Waals surface area contributed by atoms with E-state index < -0.39 is 0 Å². The molecule has 1 aliphatic rings. The molecule has 4 rings (SSSR count). The van der Waals surface area contributed by atoms with E-state index >= 15 is 0 Å². The number of aromatic nitrogens is 7. The summed E-state index contributed by atoms with van der Waals surface area (Å²) in [7, 11) is 0. The van der Waals surface area contributed by atoms with Gasteiger partial charge in [-0.15, -0.1) is 16.4 Å². The van der Waals surface area contributed by atoms with Crippen molar-refractivity contribution in [3.63, 3.8) is 0 Å². The molecule has 3 heterocycles. The van der Waals surface area contributed by atoms with E-state index in [0.717, 1.165) is 24.3 Å². The number of nitrogens with zero attached hydrogens (tertiary/aromatic N) is 6. The normalized spacial score (nSPS) is 13.7. The van der Waals surface area contributed by atoms with Gasteiger partial charge in [0.25, 0.3) is 5.91 Å². The SMILES string of the molecule is O=C(NCCc1nc2c(s1)CCCC2)c1cc(-n2cnnn2)n[nH]1. The summed E-state index contributed by atoms with van der Waals surface area (Å²) in [6.45, 7) is 0.546. The van der Waals surface area contributed by atoms with Crippen LogP contribution < -0.4 is 5.32 Å². The molecule has 0 aliphatic heterocycles. The van der Waals surface area contributed by atoms with Crippen LogP contribution in [0.5, 0.6) is 0 Å². The van der Waals surface area contributed by atoms with Crippen molar-refractivity contribution in [1.29, 1.82) is 0 Å². The van der Waals surface area contributed by atoms with E-state index in [2.05, 4.69) is 36.0 Å². The Labute approximate surface area is 141 Å². The summed E-state index contributed by atoms with van der Waals surface area (Å²) in [5.41, 5.74) is 1.63. The van der Waals surface area contributed by atoms with Crippen LogP contribution in [0.1, 0.15) is 38.9 Å². The Morgan fingerprint density at radius 2 is 2.29 bits per heavy atom. The molecule has 1 amide bonds. The number of H-pyrrole nitrogens is 1. The van der Waals surface area contributed by atoms with Crippen molar-refractivity contribution in [3.05, 3.63) is 33.7 Å². The Morgan fingerprint density at radius 3 is 3.12 bits per heavy atom. The van der Waals surface area contributed by atoms with Crippen LogP contribution in [-0.2, 0) is 19.3 Å². The third kappa shape index (κ3) is 3.04. The molecule has 0 fully saturated rings. The van der Waals surface area contributed by atoms with E-state index in [1.807, 2.05) is 0 Å². The number of aromatic amines is 1. The number of fused-ring (bicyclic) bond motifs is 1. The lowest BCUT2D eigenvalue weighted by atomic mass is 10.0. The van der Waals surface area contributed by atoms with Crippen molar-refractivity contribution in [3.8, 4) is 5.82 Å². The van der Waals surface area contributed by atoms with Gasteiger partial charge in [-0.25, -0.2) is 4.98 Å². The largest absolute Gasteiger partial charge is 0.350 e.